The molecule has 0 saturated heterocycles. The number of aromatic nitrogens is 2. The number of hydrogen-bond donors (Lipinski definition) is 2. The molecule has 4 aromatic rings. The molecule has 0 radical (unpaired) electrons. The first-order chi connectivity index (χ1) is 13.7. The Hall–Kier alpha value is -2.90. The van der Waals surface area contributed by atoms with E-state index in [1.54, 1.807) is 0 Å². The molecule has 4 rings (SSSR count). The quantitative estimate of drug-likeness (QED) is 0.415. The van der Waals surface area contributed by atoms with Crippen LogP contribution in [0.4, 0.5) is 16.5 Å². The molecule has 2 N–H and O–H groups in total. The van der Waals surface area contributed by atoms with Crippen LogP contribution < -0.4 is 10.6 Å². The van der Waals surface area contributed by atoms with E-state index in [-0.39, 0.29) is 11.7 Å². The Morgan fingerprint density at radius 2 is 1.71 bits per heavy atom. The maximum atomic E-state index is 12.4. The molecule has 0 unspecified atom stereocenters. The van der Waals surface area contributed by atoms with E-state index in [1.807, 2.05) is 73.7 Å². The molecule has 28 heavy (non-hydrogen) atoms. The lowest BCUT2D eigenvalue weighted by molar-refractivity contribution is -0.113. The van der Waals surface area contributed by atoms with Crippen molar-refractivity contribution in [3.05, 3.63) is 72.3 Å². The summed E-state index contributed by atoms with van der Waals surface area (Å²) in [5, 5.41) is 17.4. The Morgan fingerprint density at radius 3 is 2.61 bits per heavy atom. The highest BCUT2D eigenvalue weighted by molar-refractivity contribution is 8.01. The number of para-hydroxylation sites is 1. The number of carbonyl (C=O) groups excluding carboxylic acids is 1. The predicted octanol–water partition coefficient (Wildman–Crippen LogP) is 5.47. The topological polar surface area (TPSA) is 66.9 Å². The van der Waals surface area contributed by atoms with Gasteiger partial charge < -0.3 is 10.6 Å². The van der Waals surface area contributed by atoms with Gasteiger partial charge in [-0.2, -0.15) is 0 Å². The Morgan fingerprint density at radius 1 is 0.964 bits per heavy atom. The van der Waals surface area contributed by atoms with Gasteiger partial charge in [-0.25, -0.2) is 0 Å². The van der Waals surface area contributed by atoms with Crippen molar-refractivity contribution in [2.45, 2.75) is 11.3 Å². The van der Waals surface area contributed by atoms with E-state index in [0.717, 1.165) is 32.1 Å². The van der Waals surface area contributed by atoms with Gasteiger partial charge in [0, 0.05) is 16.8 Å². The van der Waals surface area contributed by atoms with E-state index in [0.29, 0.717) is 5.13 Å². The van der Waals surface area contributed by atoms with Gasteiger partial charge in [0.15, 0.2) is 4.34 Å². The molecule has 7 heteroatoms. The van der Waals surface area contributed by atoms with Gasteiger partial charge in [0.25, 0.3) is 0 Å². The van der Waals surface area contributed by atoms with Crippen molar-refractivity contribution in [3.8, 4) is 0 Å². The van der Waals surface area contributed by atoms with Gasteiger partial charge in [-0.05, 0) is 30.0 Å². The van der Waals surface area contributed by atoms with Crippen molar-refractivity contribution in [1.82, 2.24) is 10.2 Å². The van der Waals surface area contributed by atoms with Crippen molar-refractivity contribution in [2.24, 2.45) is 0 Å². The minimum absolute atomic E-state index is 0.0648. The zero-order valence-electron chi connectivity index (χ0n) is 15.2. The summed E-state index contributed by atoms with van der Waals surface area (Å²) in [7, 11) is 0. The molecule has 0 spiro atoms. The summed E-state index contributed by atoms with van der Waals surface area (Å²) in [5.74, 6) is 0.215. The van der Waals surface area contributed by atoms with Crippen LogP contribution in [0.5, 0.6) is 0 Å². The van der Waals surface area contributed by atoms with E-state index in [4.69, 9.17) is 0 Å². The number of fused-ring (bicyclic) bond motifs is 1. The van der Waals surface area contributed by atoms with Crippen LogP contribution in [0.15, 0.2) is 71.1 Å². The number of thioether (sulfide) groups is 1. The monoisotopic (exact) mass is 406 g/mol. The first kappa shape index (κ1) is 18.5. The van der Waals surface area contributed by atoms with E-state index in [1.165, 1.54) is 23.1 Å². The van der Waals surface area contributed by atoms with Crippen LogP contribution in [-0.4, -0.2) is 21.9 Å². The van der Waals surface area contributed by atoms with Crippen LogP contribution >= 0.6 is 23.1 Å². The molecule has 5 nitrogen and oxygen atoms in total. The summed E-state index contributed by atoms with van der Waals surface area (Å²) in [6, 6.07) is 21.9. The summed E-state index contributed by atoms with van der Waals surface area (Å²) in [4.78, 5) is 12.4. The van der Waals surface area contributed by atoms with E-state index >= 15 is 0 Å². The van der Waals surface area contributed by atoms with Gasteiger partial charge in [-0.1, -0.05) is 77.7 Å². The smallest absolute Gasteiger partial charge is 0.234 e. The lowest BCUT2D eigenvalue weighted by atomic mass is 10.1. The van der Waals surface area contributed by atoms with Crippen molar-refractivity contribution in [2.75, 3.05) is 16.4 Å². The van der Waals surface area contributed by atoms with Gasteiger partial charge in [-0.3, -0.25) is 4.79 Å². The zero-order valence-corrected chi connectivity index (χ0v) is 16.8. The number of hydrogen-bond acceptors (Lipinski definition) is 6. The summed E-state index contributed by atoms with van der Waals surface area (Å²) < 4.78 is 0.754. The molecule has 0 fully saturated rings. The number of benzene rings is 3. The van der Waals surface area contributed by atoms with Gasteiger partial charge >= 0.3 is 0 Å². The predicted molar refractivity (Wildman–Crippen MR) is 118 cm³/mol. The average molecular weight is 407 g/mol. The third-order valence-corrected chi connectivity index (χ3v) is 6.16. The van der Waals surface area contributed by atoms with Crippen molar-refractivity contribution >= 4 is 56.3 Å². The Labute approximate surface area is 171 Å². The van der Waals surface area contributed by atoms with Crippen LogP contribution in [-0.2, 0) is 4.79 Å². The minimum atomic E-state index is -0.0648. The third kappa shape index (κ3) is 4.32. The number of aryl methyl sites for hydroxylation is 1. The van der Waals surface area contributed by atoms with Gasteiger partial charge in [0.1, 0.15) is 0 Å². The second kappa shape index (κ2) is 8.41. The second-order valence-corrected chi connectivity index (χ2v) is 8.38. The second-order valence-electron chi connectivity index (χ2n) is 6.18. The van der Waals surface area contributed by atoms with E-state index < -0.39 is 0 Å². The molecule has 0 aliphatic rings. The fourth-order valence-electron chi connectivity index (χ4n) is 2.79. The first-order valence-corrected chi connectivity index (χ1v) is 10.6. The summed E-state index contributed by atoms with van der Waals surface area (Å²) in [5.41, 5.74) is 2.97. The molecule has 1 amide bonds. The molecule has 0 aliphatic carbocycles. The standard InChI is InChI=1S/C21H18N4OS2/c1-14-7-2-5-11-17(14)23-20-24-25-21(28-20)27-13-19(26)22-18-12-6-9-15-8-3-4-10-16(15)18/h2-12H,13H2,1H3,(H,22,26)(H,23,24). The first-order valence-electron chi connectivity index (χ1n) is 8.75. The minimum Gasteiger partial charge on any atom is -0.330 e. The molecule has 1 aromatic heterocycles. The molecule has 0 aliphatic heterocycles. The number of rotatable bonds is 6. The Balaban J connectivity index is 1.36. The lowest BCUT2D eigenvalue weighted by Crippen LogP contribution is -2.14. The fourth-order valence-corrected chi connectivity index (χ4v) is 4.36. The fraction of sp³-hybridized carbons (Fsp3) is 0.0952. The molecular formula is C21H18N4OS2. The van der Waals surface area contributed by atoms with Crippen molar-refractivity contribution < 1.29 is 4.79 Å². The van der Waals surface area contributed by atoms with Crippen LogP contribution in [0.2, 0.25) is 0 Å². The number of amides is 1. The highest BCUT2D eigenvalue weighted by Crippen LogP contribution is 2.29. The zero-order chi connectivity index (χ0) is 19.3. The number of nitrogens with zero attached hydrogens (tertiary/aromatic N) is 2. The van der Waals surface area contributed by atoms with Crippen molar-refractivity contribution in [1.29, 1.82) is 0 Å². The molecule has 0 saturated carbocycles. The van der Waals surface area contributed by atoms with Crippen LogP contribution in [0.3, 0.4) is 0 Å². The van der Waals surface area contributed by atoms with Crippen molar-refractivity contribution in [3.63, 3.8) is 0 Å². The van der Waals surface area contributed by atoms with Crippen LogP contribution in [0.25, 0.3) is 10.8 Å². The molecule has 140 valence electrons. The van der Waals surface area contributed by atoms with E-state index in [2.05, 4.69) is 20.8 Å². The molecular weight excluding hydrogens is 388 g/mol. The van der Waals surface area contributed by atoms with Gasteiger partial charge in [-0.15, -0.1) is 10.2 Å². The Kier molecular flexibility index (Phi) is 5.55. The lowest BCUT2D eigenvalue weighted by Gasteiger charge is -2.08. The highest BCUT2D eigenvalue weighted by Gasteiger charge is 2.10. The molecule has 0 atom stereocenters. The molecule has 1 heterocycles. The van der Waals surface area contributed by atoms with Crippen LogP contribution in [0.1, 0.15) is 5.56 Å². The van der Waals surface area contributed by atoms with Crippen LogP contribution in [0, 0.1) is 6.92 Å². The summed E-state index contributed by atoms with van der Waals surface area (Å²) in [6.45, 7) is 2.04. The van der Waals surface area contributed by atoms with Gasteiger partial charge in [0.2, 0.25) is 11.0 Å². The molecule has 0 bridgehead atoms. The Bertz CT molecular complexity index is 1120. The van der Waals surface area contributed by atoms with Gasteiger partial charge in [0.05, 0.1) is 5.75 Å². The number of anilines is 3. The largest absolute Gasteiger partial charge is 0.330 e. The van der Waals surface area contributed by atoms with E-state index in [9.17, 15) is 4.79 Å². The SMILES string of the molecule is Cc1ccccc1Nc1nnc(SCC(=O)Nc2cccc3ccccc23)s1. The third-order valence-electron chi connectivity index (χ3n) is 4.18. The maximum absolute atomic E-state index is 12.4. The highest BCUT2D eigenvalue weighted by atomic mass is 32.2. The average Bonchev–Trinajstić information content (AvgIpc) is 3.16. The number of nitrogens with one attached hydrogen (secondary N) is 2. The summed E-state index contributed by atoms with van der Waals surface area (Å²) in [6.07, 6.45) is 0. The summed E-state index contributed by atoms with van der Waals surface area (Å²) >= 11 is 2.82. The maximum Gasteiger partial charge on any atom is 0.234 e. The molecule has 3 aromatic carbocycles. The number of carbonyl (C=O) groups is 1. The normalized spacial score (nSPS) is 10.8.